The minimum Gasteiger partial charge on any atom is -0.293 e. The van der Waals surface area contributed by atoms with Crippen LogP contribution in [0.2, 0.25) is 0 Å². The summed E-state index contributed by atoms with van der Waals surface area (Å²) in [4.78, 5) is 11.4. The van der Waals surface area contributed by atoms with E-state index in [0.717, 1.165) is 11.1 Å². The average molecular weight is 173 g/mol. The molecule has 0 aliphatic carbocycles. The molecule has 0 heterocycles. The Hall–Kier alpha value is -1.62. The van der Waals surface area contributed by atoms with E-state index in [0.29, 0.717) is 5.56 Å². The summed E-state index contributed by atoms with van der Waals surface area (Å²) >= 11 is 0. The molecule has 2 heteroatoms. The quantitative estimate of drug-likeness (QED) is 0.644. The van der Waals surface area contributed by atoms with Crippen LogP contribution in [0, 0.1) is 25.2 Å². The molecule has 0 aliphatic rings. The molecule has 0 radical (unpaired) electrons. The molecule has 0 bridgehead atoms. The molecule has 1 aromatic rings. The Morgan fingerprint density at radius 3 is 2.69 bits per heavy atom. The van der Waals surface area contributed by atoms with Gasteiger partial charge in [0.05, 0.1) is 12.5 Å². The Morgan fingerprint density at radius 2 is 2.15 bits per heavy atom. The molecule has 0 aromatic heterocycles. The number of aryl methyl sites for hydroxylation is 2. The number of ketones is 1. The minimum atomic E-state index is -0.0972. The molecule has 2 nitrogen and oxygen atoms in total. The summed E-state index contributed by atoms with van der Waals surface area (Å²) in [7, 11) is 0. The van der Waals surface area contributed by atoms with Gasteiger partial charge in [0.15, 0.2) is 5.78 Å². The molecule has 0 amide bonds. The second kappa shape index (κ2) is 3.86. The summed E-state index contributed by atoms with van der Waals surface area (Å²) in [5.41, 5.74) is 2.73. The smallest absolute Gasteiger partial charge is 0.177 e. The molecule has 13 heavy (non-hydrogen) atoms. The van der Waals surface area contributed by atoms with Gasteiger partial charge in [-0.3, -0.25) is 4.79 Å². The van der Waals surface area contributed by atoms with Crippen molar-refractivity contribution in [1.82, 2.24) is 0 Å². The van der Waals surface area contributed by atoms with E-state index in [2.05, 4.69) is 0 Å². The van der Waals surface area contributed by atoms with E-state index in [9.17, 15) is 4.79 Å². The van der Waals surface area contributed by atoms with Crippen LogP contribution in [0.1, 0.15) is 27.9 Å². The highest BCUT2D eigenvalue weighted by atomic mass is 16.1. The fraction of sp³-hybridized carbons (Fsp3) is 0.273. The van der Waals surface area contributed by atoms with Gasteiger partial charge in [-0.1, -0.05) is 23.8 Å². The highest BCUT2D eigenvalue weighted by Crippen LogP contribution is 2.12. The van der Waals surface area contributed by atoms with Gasteiger partial charge in [0, 0.05) is 5.56 Å². The van der Waals surface area contributed by atoms with Gasteiger partial charge < -0.3 is 0 Å². The van der Waals surface area contributed by atoms with E-state index in [1.807, 2.05) is 32.0 Å². The van der Waals surface area contributed by atoms with Crippen LogP contribution in [0.4, 0.5) is 0 Å². The molecule has 0 atom stereocenters. The first-order chi connectivity index (χ1) is 6.15. The molecule has 0 saturated carbocycles. The molecule has 1 rings (SSSR count). The van der Waals surface area contributed by atoms with Crippen LogP contribution in [0.3, 0.4) is 0 Å². The third-order valence-electron chi connectivity index (χ3n) is 1.92. The van der Waals surface area contributed by atoms with E-state index in [1.54, 1.807) is 6.07 Å². The van der Waals surface area contributed by atoms with Crippen molar-refractivity contribution in [2.45, 2.75) is 20.3 Å². The zero-order valence-electron chi connectivity index (χ0n) is 7.79. The SMILES string of the molecule is Cc1ccc(C(=O)CC#N)c(C)c1. The molecular formula is C11H11NO. The van der Waals surface area contributed by atoms with Crippen LogP contribution in [0.5, 0.6) is 0 Å². The predicted octanol–water partition coefficient (Wildman–Crippen LogP) is 2.40. The predicted molar refractivity (Wildman–Crippen MR) is 50.5 cm³/mol. The van der Waals surface area contributed by atoms with Crippen LogP contribution in [-0.2, 0) is 0 Å². The summed E-state index contributed by atoms with van der Waals surface area (Å²) in [6.07, 6.45) is -0.0378. The Morgan fingerprint density at radius 1 is 1.46 bits per heavy atom. The maximum atomic E-state index is 11.4. The van der Waals surface area contributed by atoms with Crippen LogP contribution in [0.25, 0.3) is 0 Å². The van der Waals surface area contributed by atoms with Gasteiger partial charge >= 0.3 is 0 Å². The van der Waals surface area contributed by atoms with Gasteiger partial charge in [-0.25, -0.2) is 0 Å². The van der Waals surface area contributed by atoms with Gasteiger partial charge in [-0.15, -0.1) is 0 Å². The summed E-state index contributed by atoms with van der Waals surface area (Å²) in [5, 5.41) is 8.37. The van der Waals surface area contributed by atoms with E-state index in [-0.39, 0.29) is 12.2 Å². The van der Waals surface area contributed by atoms with Gasteiger partial charge in [0.2, 0.25) is 0 Å². The van der Waals surface area contributed by atoms with E-state index in [1.165, 1.54) is 0 Å². The monoisotopic (exact) mass is 173 g/mol. The third kappa shape index (κ3) is 2.16. The first-order valence-electron chi connectivity index (χ1n) is 4.12. The lowest BCUT2D eigenvalue weighted by Gasteiger charge is -2.02. The highest BCUT2D eigenvalue weighted by Gasteiger charge is 2.07. The molecule has 0 fully saturated rings. The van der Waals surface area contributed by atoms with Gasteiger partial charge in [-0.2, -0.15) is 5.26 Å². The normalized spacial score (nSPS) is 9.31. The lowest BCUT2D eigenvalue weighted by molar-refractivity contribution is 0.0997. The zero-order valence-corrected chi connectivity index (χ0v) is 7.79. The van der Waals surface area contributed by atoms with Crippen LogP contribution in [0.15, 0.2) is 18.2 Å². The van der Waals surface area contributed by atoms with Gasteiger partial charge in [0.1, 0.15) is 0 Å². The largest absolute Gasteiger partial charge is 0.293 e. The first-order valence-corrected chi connectivity index (χ1v) is 4.12. The van der Waals surface area contributed by atoms with Crippen LogP contribution >= 0.6 is 0 Å². The molecule has 1 aromatic carbocycles. The van der Waals surface area contributed by atoms with Crippen molar-refractivity contribution in [3.05, 3.63) is 34.9 Å². The molecule has 0 aliphatic heterocycles. The van der Waals surface area contributed by atoms with Crippen molar-refractivity contribution in [2.75, 3.05) is 0 Å². The minimum absolute atomic E-state index is 0.0378. The first kappa shape index (κ1) is 9.47. The topological polar surface area (TPSA) is 40.9 Å². The number of hydrogen-bond acceptors (Lipinski definition) is 2. The van der Waals surface area contributed by atoms with Crippen molar-refractivity contribution >= 4 is 5.78 Å². The Bertz CT molecular complexity index is 374. The lowest BCUT2D eigenvalue weighted by Crippen LogP contribution is -2.00. The maximum Gasteiger partial charge on any atom is 0.177 e. The second-order valence-electron chi connectivity index (χ2n) is 3.08. The van der Waals surface area contributed by atoms with Gasteiger partial charge in [-0.05, 0) is 19.4 Å². The molecule has 66 valence electrons. The summed E-state index contributed by atoms with van der Waals surface area (Å²) in [6.45, 7) is 3.86. The lowest BCUT2D eigenvalue weighted by atomic mass is 10.0. The zero-order chi connectivity index (χ0) is 9.84. The van der Waals surface area contributed by atoms with Gasteiger partial charge in [0.25, 0.3) is 0 Å². The maximum absolute atomic E-state index is 11.4. The standard InChI is InChI=1S/C11H11NO/c1-8-3-4-10(9(2)7-8)11(13)5-6-12/h3-4,7H,5H2,1-2H3. The molecule has 0 N–H and O–H groups in total. The van der Waals surface area contributed by atoms with E-state index >= 15 is 0 Å². The number of carbonyl (C=O) groups is 1. The molecule has 0 saturated heterocycles. The van der Waals surface area contributed by atoms with Crippen LogP contribution in [-0.4, -0.2) is 5.78 Å². The second-order valence-corrected chi connectivity index (χ2v) is 3.08. The summed E-state index contributed by atoms with van der Waals surface area (Å²) in [6, 6.07) is 7.48. The number of rotatable bonds is 2. The van der Waals surface area contributed by atoms with E-state index in [4.69, 9.17) is 5.26 Å². The molecular weight excluding hydrogens is 162 g/mol. The fourth-order valence-electron chi connectivity index (χ4n) is 1.29. The number of nitriles is 1. The van der Waals surface area contributed by atoms with Crippen molar-refractivity contribution in [3.8, 4) is 6.07 Å². The van der Waals surface area contributed by atoms with Crippen molar-refractivity contribution in [2.24, 2.45) is 0 Å². The third-order valence-corrected chi connectivity index (χ3v) is 1.92. The fourth-order valence-corrected chi connectivity index (χ4v) is 1.29. The number of benzene rings is 1. The summed E-state index contributed by atoms with van der Waals surface area (Å²) in [5.74, 6) is -0.0972. The summed E-state index contributed by atoms with van der Waals surface area (Å²) < 4.78 is 0. The molecule has 0 spiro atoms. The van der Waals surface area contributed by atoms with Crippen LogP contribution < -0.4 is 0 Å². The highest BCUT2D eigenvalue weighted by molar-refractivity contribution is 5.98. The Labute approximate surface area is 77.8 Å². The van der Waals surface area contributed by atoms with Crippen molar-refractivity contribution in [1.29, 1.82) is 5.26 Å². The van der Waals surface area contributed by atoms with Crippen molar-refractivity contribution < 1.29 is 4.79 Å². The Balaban J connectivity index is 3.03. The number of carbonyl (C=O) groups excluding carboxylic acids is 1. The molecule has 0 unspecified atom stereocenters. The number of hydrogen-bond donors (Lipinski definition) is 0. The Kier molecular flexibility index (Phi) is 2.81. The van der Waals surface area contributed by atoms with E-state index < -0.39 is 0 Å². The number of nitrogens with zero attached hydrogens (tertiary/aromatic N) is 1. The van der Waals surface area contributed by atoms with Crippen molar-refractivity contribution in [3.63, 3.8) is 0 Å². The number of Topliss-reactive ketones (excluding diaryl/α,β-unsaturated/α-hetero) is 1. The average Bonchev–Trinajstić information content (AvgIpc) is 2.04.